The first-order valence-electron chi connectivity index (χ1n) is 7.63. The van der Waals surface area contributed by atoms with E-state index in [2.05, 4.69) is 41.5 Å². The van der Waals surface area contributed by atoms with Crippen LogP contribution in [0, 0.1) is 12.3 Å². The number of benzene rings is 1. The van der Waals surface area contributed by atoms with Gasteiger partial charge < -0.3 is 5.32 Å². The van der Waals surface area contributed by atoms with E-state index in [-0.39, 0.29) is 11.3 Å². The minimum Gasteiger partial charge on any atom is -0.355 e. The Morgan fingerprint density at radius 2 is 1.91 bits per heavy atom. The summed E-state index contributed by atoms with van der Waals surface area (Å²) in [5.74, 6) is 0.0882. The van der Waals surface area contributed by atoms with Crippen LogP contribution >= 0.6 is 11.3 Å². The van der Waals surface area contributed by atoms with E-state index >= 15 is 0 Å². The lowest BCUT2D eigenvalue weighted by molar-refractivity contribution is -0.128. The second-order valence-electron chi connectivity index (χ2n) is 6.53. The van der Waals surface area contributed by atoms with Crippen molar-refractivity contribution in [2.75, 3.05) is 6.54 Å². The molecule has 118 valence electrons. The van der Waals surface area contributed by atoms with E-state index in [0.717, 1.165) is 23.5 Å². The molecule has 0 radical (unpaired) electrons. The Morgan fingerprint density at radius 1 is 1.23 bits per heavy atom. The van der Waals surface area contributed by atoms with E-state index in [0.29, 0.717) is 6.54 Å². The Kier molecular flexibility index (Phi) is 5.35. The Bertz CT molecular complexity index is 626. The van der Waals surface area contributed by atoms with Crippen molar-refractivity contribution < 1.29 is 4.79 Å². The minimum absolute atomic E-state index is 0.0882. The maximum Gasteiger partial charge on any atom is 0.225 e. The summed E-state index contributed by atoms with van der Waals surface area (Å²) in [5.41, 5.74) is 2.07. The van der Waals surface area contributed by atoms with Crippen molar-refractivity contribution in [3.8, 4) is 0 Å². The first-order chi connectivity index (χ1) is 10.4. The first-order valence-corrected chi connectivity index (χ1v) is 8.45. The zero-order chi connectivity index (χ0) is 16.2. The number of aromatic nitrogens is 1. The standard InChI is InChI=1S/C18H24N2OS/c1-13-15(12-14-8-6-5-7-9-14)22-16(20-13)10-11-19-17(21)18(2,3)4/h5-9H,10-12H2,1-4H3,(H,19,21). The number of carbonyl (C=O) groups excluding carboxylic acids is 1. The van der Waals surface area contributed by atoms with E-state index in [1.165, 1.54) is 10.4 Å². The highest BCUT2D eigenvalue weighted by molar-refractivity contribution is 7.11. The number of hydrogen-bond acceptors (Lipinski definition) is 3. The molecule has 4 heteroatoms. The molecule has 1 aromatic carbocycles. The van der Waals surface area contributed by atoms with Gasteiger partial charge in [0.25, 0.3) is 0 Å². The van der Waals surface area contributed by atoms with Gasteiger partial charge in [-0.05, 0) is 12.5 Å². The molecule has 0 aliphatic carbocycles. The highest BCUT2D eigenvalue weighted by Crippen LogP contribution is 2.22. The fourth-order valence-corrected chi connectivity index (χ4v) is 3.19. The van der Waals surface area contributed by atoms with Gasteiger partial charge >= 0.3 is 0 Å². The molecule has 2 aromatic rings. The van der Waals surface area contributed by atoms with Crippen molar-refractivity contribution in [3.05, 3.63) is 51.5 Å². The van der Waals surface area contributed by atoms with E-state index in [1.807, 2.05) is 26.8 Å². The third kappa shape index (κ3) is 4.67. The van der Waals surface area contributed by atoms with Crippen LogP contribution in [0.3, 0.4) is 0 Å². The lowest BCUT2D eigenvalue weighted by atomic mass is 9.96. The molecular weight excluding hydrogens is 292 g/mol. The number of rotatable bonds is 5. The van der Waals surface area contributed by atoms with Crippen molar-refractivity contribution in [2.45, 2.75) is 40.5 Å². The van der Waals surface area contributed by atoms with Crippen LogP contribution in [-0.4, -0.2) is 17.4 Å². The van der Waals surface area contributed by atoms with Gasteiger partial charge in [-0.2, -0.15) is 0 Å². The predicted molar refractivity (Wildman–Crippen MR) is 92.3 cm³/mol. The summed E-state index contributed by atoms with van der Waals surface area (Å²) in [7, 11) is 0. The van der Waals surface area contributed by atoms with Gasteiger partial charge in [-0.15, -0.1) is 11.3 Å². The molecule has 0 atom stereocenters. The van der Waals surface area contributed by atoms with Gasteiger partial charge in [0.05, 0.1) is 10.7 Å². The normalized spacial score (nSPS) is 11.5. The van der Waals surface area contributed by atoms with Gasteiger partial charge in [-0.1, -0.05) is 51.1 Å². The van der Waals surface area contributed by atoms with E-state index in [9.17, 15) is 4.79 Å². The van der Waals surface area contributed by atoms with Gasteiger partial charge in [-0.25, -0.2) is 4.98 Å². The van der Waals surface area contributed by atoms with Gasteiger partial charge in [-0.3, -0.25) is 4.79 Å². The predicted octanol–water partition coefficient (Wildman–Crippen LogP) is 3.75. The number of nitrogens with one attached hydrogen (secondary N) is 1. The smallest absolute Gasteiger partial charge is 0.225 e. The molecule has 0 spiro atoms. The molecule has 0 saturated heterocycles. The zero-order valence-electron chi connectivity index (χ0n) is 13.8. The van der Waals surface area contributed by atoms with Crippen LogP contribution in [0.4, 0.5) is 0 Å². The number of hydrogen-bond donors (Lipinski definition) is 1. The van der Waals surface area contributed by atoms with Crippen LogP contribution in [0.2, 0.25) is 0 Å². The maximum atomic E-state index is 11.8. The van der Waals surface area contributed by atoms with Gasteiger partial charge in [0.2, 0.25) is 5.91 Å². The van der Waals surface area contributed by atoms with Crippen LogP contribution in [0.1, 0.15) is 41.9 Å². The molecule has 0 fully saturated rings. The monoisotopic (exact) mass is 316 g/mol. The average molecular weight is 316 g/mol. The maximum absolute atomic E-state index is 11.8. The first kappa shape index (κ1) is 16.7. The summed E-state index contributed by atoms with van der Waals surface area (Å²) >= 11 is 1.75. The van der Waals surface area contributed by atoms with Gasteiger partial charge in [0.1, 0.15) is 0 Å². The molecule has 0 aliphatic heterocycles. The quantitative estimate of drug-likeness (QED) is 0.913. The van der Waals surface area contributed by atoms with Crippen LogP contribution < -0.4 is 5.32 Å². The Morgan fingerprint density at radius 3 is 2.55 bits per heavy atom. The topological polar surface area (TPSA) is 42.0 Å². The number of nitrogens with zero attached hydrogens (tertiary/aromatic N) is 1. The summed E-state index contributed by atoms with van der Waals surface area (Å²) in [6.07, 6.45) is 1.72. The van der Waals surface area contributed by atoms with Crippen molar-refractivity contribution >= 4 is 17.2 Å². The van der Waals surface area contributed by atoms with Crippen LogP contribution in [-0.2, 0) is 17.6 Å². The molecule has 0 unspecified atom stereocenters. The highest BCUT2D eigenvalue weighted by Gasteiger charge is 2.20. The Hall–Kier alpha value is -1.68. The summed E-state index contributed by atoms with van der Waals surface area (Å²) < 4.78 is 0. The van der Waals surface area contributed by atoms with E-state index < -0.39 is 0 Å². The number of aryl methyl sites for hydroxylation is 1. The number of carbonyl (C=O) groups is 1. The summed E-state index contributed by atoms with van der Waals surface area (Å²) in [5, 5.41) is 4.07. The number of thiazole rings is 1. The van der Waals surface area contributed by atoms with Crippen molar-refractivity contribution in [1.29, 1.82) is 0 Å². The molecule has 1 aromatic heterocycles. The van der Waals surface area contributed by atoms with Gasteiger partial charge in [0.15, 0.2) is 0 Å². The summed E-state index contributed by atoms with van der Waals surface area (Å²) in [6, 6.07) is 10.4. The van der Waals surface area contributed by atoms with E-state index in [4.69, 9.17) is 0 Å². The Balaban J connectivity index is 1.91. The SMILES string of the molecule is Cc1nc(CCNC(=O)C(C)(C)C)sc1Cc1ccccc1. The van der Waals surface area contributed by atoms with Crippen molar-refractivity contribution in [3.63, 3.8) is 0 Å². The van der Waals surface area contributed by atoms with Crippen LogP contribution in [0.15, 0.2) is 30.3 Å². The molecule has 1 N–H and O–H groups in total. The second-order valence-corrected chi connectivity index (χ2v) is 7.70. The third-order valence-electron chi connectivity index (χ3n) is 3.45. The molecule has 2 rings (SSSR count). The zero-order valence-corrected chi connectivity index (χ0v) is 14.6. The van der Waals surface area contributed by atoms with Crippen LogP contribution in [0.5, 0.6) is 0 Å². The lowest BCUT2D eigenvalue weighted by Crippen LogP contribution is -2.35. The third-order valence-corrected chi connectivity index (χ3v) is 4.67. The van der Waals surface area contributed by atoms with Crippen molar-refractivity contribution in [2.24, 2.45) is 5.41 Å². The number of amides is 1. The summed E-state index contributed by atoms with van der Waals surface area (Å²) in [4.78, 5) is 17.8. The molecule has 1 heterocycles. The van der Waals surface area contributed by atoms with E-state index in [1.54, 1.807) is 11.3 Å². The van der Waals surface area contributed by atoms with Crippen molar-refractivity contribution in [1.82, 2.24) is 10.3 Å². The molecule has 22 heavy (non-hydrogen) atoms. The molecule has 0 aliphatic rings. The van der Waals surface area contributed by atoms with Crippen LogP contribution in [0.25, 0.3) is 0 Å². The minimum atomic E-state index is -0.336. The average Bonchev–Trinajstić information content (AvgIpc) is 2.79. The second kappa shape index (κ2) is 7.05. The largest absolute Gasteiger partial charge is 0.355 e. The Labute approximate surface area is 136 Å². The molecule has 0 bridgehead atoms. The molecular formula is C18H24N2OS. The molecule has 1 amide bonds. The lowest BCUT2D eigenvalue weighted by Gasteiger charge is -2.17. The fourth-order valence-electron chi connectivity index (χ4n) is 2.09. The fraction of sp³-hybridized carbons (Fsp3) is 0.444. The molecule has 3 nitrogen and oxygen atoms in total. The summed E-state index contributed by atoms with van der Waals surface area (Å²) in [6.45, 7) is 8.48. The highest BCUT2D eigenvalue weighted by atomic mass is 32.1. The van der Waals surface area contributed by atoms with Gasteiger partial charge in [0, 0.05) is 29.7 Å². The molecule has 0 saturated carbocycles.